The Bertz CT molecular complexity index is 954. The fraction of sp³-hybridized carbons (Fsp3) is 0.304. The van der Waals surface area contributed by atoms with Gasteiger partial charge in [0.25, 0.3) is 0 Å². The van der Waals surface area contributed by atoms with Crippen LogP contribution in [0, 0.1) is 5.92 Å². The molecule has 9 nitrogen and oxygen atoms in total. The smallest absolute Gasteiger partial charge is 0.410 e. The Labute approximate surface area is 186 Å². The number of carbonyl (C=O) groups is 4. The van der Waals surface area contributed by atoms with Crippen LogP contribution >= 0.6 is 0 Å². The van der Waals surface area contributed by atoms with E-state index in [-0.39, 0.29) is 17.9 Å². The Balaban J connectivity index is 1.37. The van der Waals surface area contributed by atoms with E-state index in [4.69, 9.17) is 4.74 Å². The fourth-order valence-electron chi connectivity index (χ4n) is 3.32. The second kappa shape index (κ2) is 10.9. The van der Waals surface area contributed by atoms with Gasteiger partial charge in [0, 0.05) is 37.9 Å². The molecule has 1 fully saturated rings. The number of nitrogens with zero attached hydrogens (tertiary/aromatic N) is 1. The minimum absolute atomic E-state index is 0.171. The SMILES string of the molecule is CC(=O)Nc1ccc(NC(=O)C(=O)NCC2CCN(C(=O)Oc3ccccc3)CC2)cc1. The molecular formula is C23H26N4O5. The van der Waals surface area contributed by atoms with Crippen LogP contribution in [0.4, 0.5) is 16.2 Å². The van der Waals surface area contributed by atoms with Crippen molar-refractivity contribution in [1.29, 1.82) is 0 Å². The molecule has 0 spiro atoms. The number of para-hydroxylation sites is 1. The molecule has 1 aliphatic rings. The lowest BCUT2D eigenvalue weighted by Gasteiger charge is -2.31. The monoisotopic (exact) mass is 438 g/mol. The van der Waals surface area contributed by atoms with Crippen molar-refractivity contribution in [3.63, 3.8) is 0 Å². The molecule has 2 aromatic carbocycles. The van der Waals surface area contributed by atoms with Crippen molar-refractivity contribution in [1.82, 2.24) is 10.2 Å². The molecule has 1 heterocycles. The summed E-state index contributed by atoms with van der Waals surface area (Å²) in [4.78, 5) is 49.1. The lowest BCUT2D eigenvalue weighted by atomic mass is 9.97. The molecule has 0 atom stereocenters. The highest BCUT2D eigenvalue weighted by Crippen LogP contribution is 2.19. The van der Waals surface area contributed by atoms with E-state index in [1.54, 1.807) is 53.4 Å². The zero-order chi connectivity index (χ0) is 22.9. The van der Waals surface area contributed by atoms with Gasteiger partial charge in [-0.25, -0.2) is 4.79 Å². The Morgan fingerprint density at radius 3 is 2.06 bits per heavy atom. The van der Waals surface area contributed by atoms with Crippen molar-refractivity contribution in [2.75, 3.05) is 30.3 Å². The zero-order valence-electron chi connectivity index (χ0n) is 17.8. The normalized spacial score (nSPS) is 13.7. The summed E-state index contributed by atoms with van der Waals surface area (Å²) in [6.07, 6.45) is 1.02. The molecule has 0 aliphatic carbocycles. The summed E-state index contributed by atoms with van der Waals surface area (Å²) in [6, 6.07) is 15.4. The van der Waals surface area contributed by atoms with E-state index in [1.165, 1.54) is 6.92 Å². The zero-order valence-corrected chi connectivity index (χ0v) is 17.8. The molecule has 0 radical (unpaired) electrons. The molecule has 3 rings (SSSR count). The van der Waals surface area contributed by atoms with Gasteiger partial charge in [-0.3, -0.25) is 14.4 Å². The van der Waals surface area contributed by atoms with Gasteiger partial charge in [-0.05, 0) is 55.2 Å². The van der Waals surface area contributed by atoms with Crippen molar-refractivity contribution in [2.24, 2.45) is 5.92 Å². The van der Waals surface area contributed by atoms with Crippen LogP contribution in [0.2, 0.25) is 0 Å². The minimum atomic E-state index is -0.763. The van der Waals surface area contributed by atoms with Gasteiger partial charge >= 0.3 is 17.9 Å². The number of ether oxygens (including phenoxy) is 1. The van der Waals surface area contributed by atoms with Crippen LogP contribution in [-0.4, -0.2) is 48.3 Å². The van der Waals surface area contributed by atoms with Crippen LogP contribution in [0.25, 0.3) is 0 Å². The van der Waals surface area contributed by atoms with E-state index in [9.17, 15) is 19.2 Å². The first kappa shape index (κ1) is 22.8. The van der Waals surface area contributed by atoms with Gasteiger partial charge in [0.15, 0.2) is 0 Å². The molecule has 0 saturated carbocycles. The van der Waals surface area contributed by atoms with Gasteiger partial charge in [0.2, 0.25) is 5.91 Å². The lowest BCUT2D eigenvalue weighted by molar-refractivity contribution is -0.136. The summed E-state index contributed by atoms with van der Waals surface area (Å²) >= 11 is 0. The van der Waals surface area contributed by atoms with Crippen LogP contribution in [0.15, 0.2) is 54.6 Å². The summed E-state index contributed by atoms with van der Waals surface area (Å²) in [6.45, 7) is 2.81. The third-order valence-corrected chi connectivity index (χ3v) is 5.04. The van der Waals surface area contributed by atoms with E-state index >= 15 is 0 Å². The summed E-state index contributed by atoms with van der Waals surface area (Å²) in [5.74, 6) is -1.00. The molecule has 9 heteroatoms. The molecule has 32 heavy (non-hydrogen) atoms. The van der Waals surface area contributed by atoms with Gasteiger partial charge in [0.1, 0.15) is 5.75 Å². The number of piperidine rings is 1. The van der Waals surface area contributed by atoms with Crippen molar-refractivity contribution < 1.29 is 23.9 Å². The van der Waals surface area contributed by atoms with Crippen LogP contribution in [0.5, 0.6) is 5.75 Å². The van der Waals surface area contributed by atoms with E-state index < -0.39 is 11.8 Å². The number of hydrogen-bond acceptors (Lipinski definition) is 5. The average molecular weight is 438 g/mol. The Hall–Kier alpha value is -3.88. The van der Waals surface area contributed by atoms with Crippen LogP contribution in [0.3, 0.4) is 0 Å². The van der Waals surface area contributed by atoms with Crippen LogP contribution in [0.1, 0.15) is 19.8 Å². The third kappa shape index (κ3) is 6.83. The molecule has 4 amide bonds. The first-order valence-corrected chi connectivity index (χ1v) is 10.4. The van der Waals surface area contributed by atoms with Crippen LogP contribution in [-0.2, 0) is 14.4 Å². The molecule has 1 saturated heterocycles. The van der Waals surface area contributed by atoms with Gasteiger partial charge in [-0.2, -0.15) is 0 Å². The number of carbonyl (C=O) groups excluding carboxylic acids is 4. The largest absolute Gasteiger partial charge is 0.415 e. The molecule has 0 aromatic heterocycles. The highest BCUT2D eigenvalue weighted by atomic mass is 16.6. The highest BCUT2D eigenvalue weighted by Gasteiger charge is 2.25. The molecular weight excluding hydrogens is 412 g/mol. The minimum Gasteiger partial charge on any atom is -0.410 e. The summed E-state index contributed by atoms with van der Waals surface area (Å²) in [7, 11) is 0. The van der Waals surface area contributed by atoms with Crippen molar-refractivity contribution in [3.8, 4) is 5.75 Å². The fourth-order valence-corrected chi connectivity index (χ4v) is 3.32. The van der Waals surface area contributed by atoms with E-state index in [0.717, 1.165) is 0 Å². The van der Waals surface area contributed by atoms with Crippen molar-refractivity contribution in [3.05, 3.63) is 54.6 Å². The molecule has 0 bridgehead atoms. The Morgan fingerprint density at radius 2 is 1.47 bits per heavy atom. The summed E-state index contributed by atoms with van der Waals surface area (Å²) in [5.41, 5.74) is 1.04. The quantitative estimate of drug-likeness (QED) is 0.621. The Morgan fingerprint density at radius 1 is 0.875 bits per heavy atom. The molecule has 168 valence electrons. The third-order valence-electron chi connectivity index (χ3n) is 5.04. The lowest BCUT2D eigenvalue weighted by Crippen LogP contribution is -2.44. The number of benzene rings is 2. The van der Waals surface area contributed by atoms with Crippen molar-refractivity contribution in [2.45, 2.75) is 19.8 Å². The van der Waals surface area contributed by atoms with E-state index in [0.29, 0.717) is 49.6 Å². The highest BCUT2D eigenvalue weighted by molar-refractivity contribution is 6.39. The first-order valence-electron chi connectivity index (χ1n) is 10.4. The Kier molecular flexibility index (Phi) is 7.80. The molecule has 3 N–H and O–H groups in total. The molecule has 0 unspecified atom stereocenters. The maximum Gasteiger partial charge on any atom is 0.415 e. The maximum absolute atomic E-state index is 12.2. The van der Waals surface area contributed by atoms with E-state index in [1.807, 2.05) is 6.07 Å². The predicted octanol–water partition coefficient (Wildman–Crippen LogP) is 2.61. The molecule has 2 aromatic rings. The number of anilines is 2. The predicted molar refractivity (Wildman–Crippen MR) is 119 cm³/mol. The van der Waals surface area contributed by atoms with Gasteiger partial charge in [-0.1, -0.05) is 18.2 Å². The van der Waals surface area contributed by atoms with Crippen molar-refractivity contribution >= 4 is 35.2 Å². The average Bonchev–Trinajstić information content (AvgIpc) is 2.79. The standard InChI is InChI=1S/C23H26N4O5/c1-16(28)25-18-7-9-19(10-8-18)26-22(30)21(29)24-15-17-11-13-27(14-12-17)23(31)32-20-5-3-2-4-6-20/h2-10,17H,11-15H2,1H3,(H,24,29)(H,25,28)(H,26,30). The number of hydrogen-bond donors (Lipinski definition) is 3. The summed E-state index contributed by atoms with van der Waals surface area (Å²) in [5, 5.41) is 7.80. The van der Waals surface area contributed by atoms with Gasteiger partial charge in [-0.15, -0.1) is 0 Å². The number of rotatable bonds is 5. The van der Waals surface area contributed by atoms with Gasteiger partial charge < -0.3 is 25.6 Å². The number of likely N-dealkylation sites (tertiary alicyclic amines) is 1. The first-order chi connectivity index (χ1) is 15.4. The van der Waals surface area contributed by atoms with Crippen LogP contribution < -0.4 is 20.7 Å². The maximum atomic E-state index is 12.2. The van der Waals surface area contributed by atoms with E-state index in [2.05, 4.69) is 16.0 Å². The topological polar surface area (TPSA) is 117 Å². The second-order valence-electron chi connectivity index (χ2n) is 7.53. The number of amides is 4. The number of nitrogens with one attached hydrogen (secondary N) is 3. The second-order valence-corrected chi connectivity index (χ2v) is 7.53. The molecule has 1 aliphatic heterocycles. The van der Waals surface area contributed by atoms with Gasteiger partial charge in [0.05, 0.1) is 0 Å². The summed E-state index contributed by atoms with van der Waals surface area (Å²) < 4.78 is 5.35.